The highest BCUT2D eigenvalue weighted by Gasteiger charge is 2.06. The Hall–Kier alpha value is -1.81. The Balaban J connectivity index is 1.97. The molecule has 0 bridgehead atoms. The van der Waals surface area contributed by atoms with Crippen molar-refractivity contribution in [2.24, 2.45) is 13.0 Å². The van der Waals surface area contributed by atoms with Crippen molar-refractivity contribution >= 4 is 0 Å². The molecule has 114 valence electrons. The number of hydrogen-bond acceptors (Lipinski definition) is 3. The molecule has 4 nitrogen and oxygen atoms in total. The molecule has 21 heavy (non-hydrogen) atoms. The van der Waals surface area contributed by atoms with Gasteiger partial charge in [-0.15, -0.1) is 0 Å². The fourth-order valence-corrected chi connectivity index (χ4v) is 2.24. The van der Waals surface area contributed by atoms with E-state index in [0.717, 1.165) is 24.7 Å². The van der Waals surface area contributed by atoms with Crippen LogP contribution in [-0.2, 0) is 20.2 Å². The highest BCUT2D eigenvalue weighted by Crippen LogP contribution is 2.15. The maximum absolute atomic E-state index is 5.88. The lowest BCUT2D eigenvalue weighted by Gasteiger charge is -2.12. The maximum atomic E-state index is 5.88. The largest absolute Gasteiger partial charge is 0.473 e. The summed E-state index contributed by atoms with van der Waals surface area (Å²) in [6, 6.07) is 10.4. The molecule has 0 aliphatic carbocycles. The van der Waals surface area contributed by atoms with Gasteiger partial charge in [-0.3, -0.25) is 0 Å². The summed E-state index contributed by atoms with van der Waals surface area (Å²) in [5.41, 5.74) is 3.48. The fraction of sp³-hybridized carbons (Fsp3) is 0.471. The zero-order valence-corrected chi connectivity index (χ0v) is 13.4. The Morgan fingerprint density at radius 3 is 2.57 bits per heavy atom. The van der Waals surface area contributed by atoms with Crippen LogP contribution in [-0.4, -0.2) is 16.3 Å². The molecule has 2 rings (SSSR count). The first kappa shape index (κ1) is 15.6. The van der Waals surface area contributed by atoms with Gasteiger partial charge in [0.2, 0.25) is 5.88 Å². The summed E-state index contributed by atoms with van der Waals surface area (Å²) in [4.78, 5) is 0. The molecule has 0 aliphatic heterocycles. The van der Waals surface area contributed by atoms with Crippen LogP contribution in [0, 0.1) is 12.8 Å². The fourth-order valence-electron chi connectivity index (χ4n) is 2.24. The Morgan fingerprint density at radius 1 is 1.24 bits per heavy atom. The lowest BCUT2D eigenvalue weighted by Crippen LogP contribution is -2.20. The lowest BCUT2D eigenvalue weighted by molar-refractivity contribution is 0.277. The Labute approximate surface area is 127 Å². The van der Waals surface area contributed by atoms with Crippen molar-refractivity contribution in [1.82, 2.24) is 15.1 Å². The molecule has 0 unspecified atom stereocenters. The molecule has 0 atom stereocenters. The van der Waals surface area contributed by atoms with E-state index in [1.54, 1.807) is 4.68 Å². The van der Waals surface area contributed by atoms with Gasteiger partial charge in [0.25, 0.3) is 0 Å². The smallest absolute Gasteiger partial charge is 0.212 e. The molecule has 2 aromatic rings. The SMILES string of the molecule is Cc1cc(OCc2ccccc2CNCC(C)C)n(C)n1. The molecule has 4 heteroatoms. The molecule has 0 spiro atoms. The summed E-state index contributed by atoms with van der Waals surface area (Å²) in [6.07, 6.45) is 0. The molecule has 0 fully saturated rings. The van der Waals surface area contributed by atoms with Crippen LogP contribution in [0.3, 0.4) is 0 Å². The topological polar surface area (TPSA) is 39.1 Å². The standard InChI is InChI=1S/C17H25N3O/c1-13(2)10-18-11-15-7-5-6-8-16(15)12-21-17-9-14(3)19-20(17)4/h5-9,13,18H,10-12H2,1-4H3. The van der Waals surface area contributed by atoms with E-state index in [2.05, 4.69) is 48.5 Å². The first-order valence-electron chi connectivity index (χ1n) is 7.47. The molecule has 0 aliphatic rings. The first-order chi connectivity index (χ1) is 10.1. The highest BCUT2D eigenvalue weighted by atomic mass is 16.5. The van der Waals surface area contributed by atoms with E-state index < -0.39 is 0 Å². The molecule has 0 saturated heterocycles. The van der Waals surface area contributed by atoms with E-state index in [4.69, 9.17) is 4.74 Å². The van der Waals surface area contributed by atoms with Crippen molar-refractivity contribution in [3.05, 3.63) is 47.2 Å². The molecule has 0 saturated carbocycles. The van der Waals surface area contributed by atoms with Gasteiger partial charge < -0.3 is 10.1 Å². The predicted molar refractivity (Wildman–Crippen MR) is 85.3 cm³/mol. The average Bonchev–Trinajstić information content (AvgIpc) is 2.75. The van der Waals surface area contributed by atoms with Crippen molar-refractivity contribution in [1.29, 1.82) is 0 Å². The Morgan fingerprint density at radius 2 is 1.95 bits per heavy atom. The predicted octanol–water partition coefficient (Wildman–Crippen LogP) is 3.05. The van der Waals surface area contributed by atoms with Crippen molar-refractivity contribution in [3.63, 3.8) is 0 Å². The second-order valence-corrected chi connectivity index (χ2v) is 5.83. The number of aryl methyl sites for hydroxylation is 2. The number of ether oxygens (including phenoxy) is 1. The molecule has 0 amide bonds. The van der Waals surface area contributed by atoms with Crippen LogP contribution in [0.5, 0.6) is 5.88 Å². The first-order valence-corrected chi connectivity index (χ1v) is 7.47. The van der Waals surface area contributed by atoms with Crippen LogP contribution in [0.15, 0.2) is 30.3 Å². The average molecular weight is 287 g/mol. The van der Waals surface area contributed by atoms with Crippen LogP contribution in [0.2, 0.25) is 0 Å². The van der Waals surface area contributed by atoms with Crippen LogP contribution in [0.25, 0.3) is 0 Å². The zero-order valence-electron chi connectivity index (χ0n) is 13.4. The quantitative estimate of drug-likeness (QED) is 0.850. The van der Waals surface area contributed by atoms with Gasteiger partial charge in [0.1, 0.15) is 6.61 Å². The normalized spacial score (nSPS) is 11.1. The molecule has 0 radical (unpaired) electrons. The van der Waals surface area contributed by atoms with E-state index in [1.807, 2.05) is 20.0 Å². The zero-order chi connectivity index (χ0) is 15.2. The number of rotatable bonds is 7. The minimum atomic E-state index is 0.568. The van der Waals surface area contributed by atoms with Crippen molar-refractivity contribution < 1.29 is 4.74 Å². The summed E-state index contributed by atoms with van der Waals surface area (Å²) in [5, 5.41) is 7.78. The maximum Gasteiger partial charge on any atom is 0.212 e. The summed E-state index contributed by atoms with van der Waals surface area (Å²) < 4.78 is 7.66. The van der Waals surface area contributed by atoms with Gasteiger partial charge in [-0.05, 0) is 30.5 Å². The molecule has 1 N–H and O–H groups in total. The molecular weight excluding hydrogens is 262 g/mol. The second kappa shape index (κ2) is 7.27. The number of nitrogens with one attached hydrogen (secondary N) is 1. The van der Waals surface area contributed by atoms with E-state index >= 15 is 0 Å². The summed E-state index contributed by atoms with van der Waals surface area (Å²) >= 11 is 0. The van der Waals surface area contributed by atoms with Crippen LogP contribution < -0.4 is 10.1 Å². The summed E-state index contributed by atoms with van der Waals surface area (Å²) in [5.74, 6) is 1.46. The monoisotopic (exact) mass is 287 g/mol. The minimum Gasteiger partial charge on any atom is -0.473 e. The van der Waals surface area contributed by atoms with Gasteiger partial charge in [-0.1, -0.05) is 38.1 Å². The van der Waals surface area contributed by atoms with E-state index in [-0.39, 0.29) is 0 Å². The van der Waals surface area contributed by atoms with Crippen LogP contribution in [0.1, 0.15) is 30.7 Å². The van der Waals surface area contributed by atoms with Crippen LogP contribution >= 0.6 is 0 Å². The molecule has 1 heterocycles. The van der Waals surface area contributed by atoms with Crippen molar-refractivity contribution in [2.75, 3.05) is 6.54 Å². The van der Waals surface area contributed by atoms with Gasteiger partial charge in [0.05, 0.1) is 5.69 Å². The third-order valence-electron chi connectivity index (χ3n) is 3.32. The number of aromatic nitrogens is 2. The van der Waals surface area contributed by atoms with E-state index in [0.29, 0.717) is 12.5 Å². The number of nitrogens with zero attached hydrogens (tertiary/aromatic N) is 2. The summed E-state index contributed by atoms with van der Waals surface area (Å²) in [7, 11) is 1.90. The Bertz CT molecular complexity index is 575. The van der Waals surface area contributed by atoms with Gasteiger partial charge in [-0.25, -0.2) is 4.68 Å². The highest BCUT2D eigenvalue weighted by molar-refractivity contribution is 5.27. The molecule has 1 aromatic carbocycles. The van der Waals surface area contributed by atoms with E-state index in [9.17, 15) is 0 Å². The summed E-state index contributed by atoms with van der Waals surface area (Å²) in [6.45, 7) is 8.87. The lowest BCUT2D eigenvalue weighted by atomic mass is 10.1. The minimum absolute atomic E-state index is 0.568. The third-order valence-corrected chi connectivity index (χ3v) is 3.32. The van der Waals surface area contributed by atoms with E-state index in [1.165, 1.54) is 11.1 Å². The van der Waals surface area contributed by atoms with Gasteiger partial charge in [0.15, 0.2) is 0 Å². The van der Waals surface area contributed by atoms with Crippen molar-refractivity contribution in [2.45, 2.75) is 33.9 Å². The van der Waals surface area contributed by atoms with Gasteiger partial charge >= 0.3 is 0 Å². The Kier molecular flexibility index (Phi) is 5.39. The van der Waals surface area contributed by atoms with Gasteiger partial charge in [-0.2, -0.15) is 5.10 Å². The van der Waals surface area contributed by atoms with Gasteiger partial charge in [0, 0.05) is 19.7 Å². The number of benzene rings is 1. The molecular formula is C17H25N3O. The second-order valence-electron chi connectivity index (χ2n) is 5.83. The van der Waals surface area contributed by atoms with Crippen LogP contribution in [0.4, 0.5) is 0 Å². The van der Waals surface area contributed by atoms with Crippen molar-refractivity contribution in [3.8, 4) is 5.88 Å². The third kappa shape index (κ3) is 4.60. The number of hydrogen-bond donors (Lipinski definition) is 1. The molecule has 1 aromatic heterocycles.